The predicted molar refractivity (Wildman–Crippen MR) is 144 cm³/mol. The van der Waals surface area contributed by atoms with E-state index in [1.54, 1.807) is 36.4 Å². The molecule has 2 aliphatic rings. The van der Waals surface area contributed by atoms with Gasteiger partial charge in [-0.25, -0.2) is 0 Å². The van der Waals surface area contributed by atoms with E-state index < -0.39 is 18.7 Å². The van der Waals surface area contributed by atoms with Crippen LogP contribution in [-0.2, 0) is 0 Å². The molecule has 3 aromatic carbocycles. The molecule has 0 spiro atoms. The molecule has 2 heterocycles. The van der Waals surface area contributed by atoms with Gasteiger partial charge in [0.05, 0.1) is 0 Å². The van der Waals surface area contributed by atoms with Gasteiger partial charge in [-0.3, -0.25) is 4.90 Å². The molecule has 1 saturated heterocycles. The Bertz CT molecular complexity index is 1350. The van der Waals surface area contributed by atoms with Crippen LogP contribution >= 0.6 is 0 Å². The molecular weight excluding hydrogens is 507 g/mol. The fraction of sp³-hybridized carbons (Fsp3) is 0.355. The summed E-state index contributed by atoms with van der Waals surface area (Å²) >= 11 is 0. The van der Waals surface area contributed by atoms with Crippen LogP contribution in [0.5, 0.6) is 23.0 Å². The molecule has 5 rings (SSSR count). The molecule has 39 heavy (non-hydrogen) atoms. The van der Waals surface area contributed by atoms with Gasteiger partial charge in [-0.05, 0) is 91.9 Å². The number of rotatable bonds is 7. The molecule has 0 bridgehead atoms. The number of nitrogens with zero attached hydrogens (tertiary/aromatic N) is 1. The van der Waals surface area contributed by atoms with Crippen molar-refractivity contribution in [2.24, 2.45) is 5.92 Å². The lowest BCUT2D eigenvalue weighted by Crippen LogP contribution is -2.35. The summed E-state index contributed by atoms with van der Waals surface area (Å²) in [6.45, 7) is 5.41. The van der Waals surface area contributed by atoms with E-state index in [0.717, 1.165) is 27.8 Å². The zero-order valence-corrected chi connectivity index (χ0v) is 21.9. The van der Waals surface area contributed by atoms with Gasteiger partial charge in [0.25, 0.3) is 0 Å². The summed E-state index contributed by atoms with van der Waals surface area (Å²) in [6.07, 6.45) is -4.75. The fourth-order valence-electron chi connectivity index (χ4n) is 5.54. The fourth-order valence-corrected chi connectivity index (χ4v) is 5.54. The molecule has 3 atom stereocenters. The van der Waals surface area contributed by atoms with Gasteiger partial charge in [0, 0.05) is 30.1 Å². The van der Waals surface area contributed by atoms with E-state index in [0.29, 0.717) is 37.6 Å². The standard InChI is InChI=1S/C31H32F3NO4/c1-19(35-13-12-21(17-35)16-31(32,33)34)18-38-26-9-6-22(7-10-26)30-29(23-4-3-5-24(36)14-23)20(2)27-15-25(37)8-11-28(27)39-30/h3-11,14-15,19,21,30,36-37H,12-13,16-18H2,1-2H3. The number of hydrogen-bond donors (Lipinski definition) is 2. The Balaban J connectivity index is 1.31. The topological polar surface area (TPSA) is 62.2 Å². The quantitative estimate of drug-likeness (QED) is 0.332. The highest BCUT2D eigenvalue weighted by molar-refractivity contribution is 5.95. The summed E-state index contributed by atoms with van der Waals surface area (Å²) in [7, 11) is 0. The molecule has 0 saturated carbocycles. The molecule has 5 nitrogen and oxygen atoms in total. The van der Waals surface area contributed by atoms with Crippen LogP contribution in [0.1, 0.15) is 49.5 Å². The maximum absolute atomic E-state index is 12.7. The molecule has 0 aliphatic carbocycles. The minimum Gasteiger partial charge on any atom is -0.508 e. The molecule has 2 aliphatic heterocycles. The smallest absolute Gasteiger partial charge is 0.389 e. The summed E-state index contributed by atoms with van der Waals surface area (Å²) in [5, 5.41) is 20.2. The van der Waals surface area contributed by atoms with Crippen molar-refractivity contribution in [2.45, 2.75) is 45.0 Å². The number of ether oxygens (including phenoxy) is 2. The largest absolute Gasteiger partial charge is 0.508 e. The van der Waals surface area contributed by atoms with Gasteiger partial charge in [0.1, 0.15) is 35.7 Å². The molecule has 8 heteroatoms. The van der Waals surface area contributed by atoms with Crippen molar-refractivity contribution in [2.75, 3.05) is 19.7 Å². The van der Waals surface area contributed by atoms with E-state index >= 15 is 0 Å². The van der Waals surface area contributed by atoms with Gasteiger partial charge in [-0.1, -0.05) is 24.3 Å². The van der Waals surface area contributed by atoms with Crippen molar-refractivity contribution in [3.8, 4) is 23.0 Å². The summed E-state index contributed by atoms with van der Waals surface area (Å²) in [5.41, 5.74) is 4.31. The van der Waals surface area contributed by atoms with E-state index in [-0.39, 0.29) is 23.5 Å². The van der Waals surface area contributed by atoms with Crippen LogP contribution in [0.2, 0.25) is 0 Å². The van der Waals surface area contributed by atoms with E-state index in [4.69, 9.17) is 9.47 Å². The molecule has 0 radical (unpaired) electrons. The third-order valence-corrected chi connectivity index (χ3v) is 7.57. The Hall–Kier alpha value is -3.65. The second kappa shape index (κ2) is 10.8. The minimum atomic E-state index is -4.12. The van der Waals surface area contributed by atoms with Crippen LogP contribution in [0.25, 0.3) is 11.1 Å². The number of alkyl halides is 3. The Morgan fingerprint density at radius 2 is 1.77 bits per heavy atom. The molecule has 1 fully saturated rings. The monoisotopic (exact) mass is 539 g/mol. The summed E-state index contributed by atoms with van der Waals surface area (Å²) in [4.78, 5) is 2.06. The average molecular weight is 540 g/mol. The number of likely N-dealkylation sites (tertiary alicyclic amines) is 1. The van der Waals surface area contributed by atoms with Crippen LogP contribution in [0, 0.1) is 5.92 Å². The number of allylic oxidation sites excluding steroid dienone is 1. The van der Waals surface area contributed by atoms with Gasteiger partial charge in [0.2, 0.25) is 0 Å². The van der Waals surface area contributed by atoms with Gasteiger partial charge in [0.15, 0.2) is 0 Å². The maximum Gasteiger partial charge on any atom is 0.389 e. The van der Waals surface area contributed by atoms with Crippen molar-refractivity contribution in [3.63, 3.8) is 0 Å². The Kier molecular flexibility index (Phi) is 7.49. The first-order chi connectivity index (χ1) is 18.6. The minimum absolute atomic E-state index is 0.000416. The second-order valence-electron chi connectivity index (χ2n) is 10.5. The van der Waals surface area contributed by atoms with E-state index in [1.807, 2.05) is 44.2 Å². The Morgan fingerprint density at radius 3 is 2.49 bits per heavy atom. The van der Waals surface area contributed by atoms with Crippen molar-refractivity contribution in [1.29, 1.82) is 0 Å². The number of halogens is 3. The third kappa shape index (κ3) is 6.17. The molecule has 3 aromatic rings. The number of aromatic hydroxyl groups is 2. The molecule has 2 N–H and O–H groups in total. The number of fused-ring (bicyclic) bond motifs is 1. The van der Waals surface area contributed by atoms with Gasteiger partial charge in [-0.15, -0.1) is 0 Å². The lowest BCUT2D eigenvalue weighted by molar-refractivity contribution is -0.143. The molecule has 0 aromatic heterocycles. The molecule has 3 unspecified atom stereocenters. The first kappa shape index (κ1) is 26.9. The van der Waals surface area contributed by atoms with E-state index in [1.165, 1.54) is 0 Å². The molecular formula is C31H32F3NO4. The Morgan fingerprint density at radius 1 is 1.03 bits per heavy atom. The van der Waals surface area contributed by atoms with E-state index in [2.05, 4.69) is 4.90 Å². The van der Waals surface area contributed by atoms with Crippen LogP contribution in [0.15, 0.2) is 66.7 Å². The number of benzene rings is 3. The highest BCUT2D eigenvalue weighted by Gasteiger charge is 2.36. The lowest BCUT2D eigenvalue weighted by Gasteiger charge is -2.31. The van der Waals surface area contributed by atoms with Crippen LogP contribution < -0.4 is 9.47 Å². The lowest BCUT2D eigenvalue weighted by atomic mass is 9.86. The van der Waals surface area contributed by atoms with Crippen LogP contribution in [-0.4, -0.2) is 47.0 Å². The van der Waals surface area contributed by atoms with Gasteiger partial charge >= 0.3 is 6.18 Å². The van der Waals surface area contributed by atoms with Crippen molar-refractivity contribution >= 4 is 11.1 Å². The zero-order chi connectivity index (χ0) is 27.7. The first-order valence-electron chi connectivity index (χ1n) is 13.1. The summed E-state index contributed by atoms with van der Waals surface area (Å²) in [6, 6.07) is 19.6. The van der Waals surface area contributed by atoms with E-state index in [9.17, 15) is 23.4 Å². The highest BCUT2D eigenvalue weighted by Crippen LogP contribution is 2.47. The van der Waals surface area contributed by atoms with Crippen LogP contribution in [0.4, 0.5) is 13.2 Å². The molecule has 0 amide bonds. The first-order valence-corrected chi connectivity index (χ1v) is 13.1. The summed E-state index contributed by atoms with van der Waals surface area (Å²) in [5.74, 6) is 1.26. The predicted octanol–water partition coefficient (Wildman–Crippen LogP) is 7.20. The highest BCUT2D eigenvalue weighted by atomic mass is 19.4. The second-order valence-corrected chi connectivity index (χ2v) is 10.5. The maximum atomic E-state index is 12.7. The van der Waals surface area contributed by atoms with Crippen LogP contribution in [0.3, 0.4) is 0 Å². The number of phenolic OH excluding ortho intramolecular Hbond substituents is 2. The van der Waals surface area contributed by atoms with Gasteiger partial charge in [-0.2, -0.15) is 13.2 Å². The van der Waals surface area contributed by atoms with Crippen molar-refractivity contribution in [1.82, 2.24) is 4.90 Å². The number of hydrogen-bond acceptors (Lipinski definition) is 5. The normalized spacial score (nSPS) is 20.4. The van der Waals surface area contributed by atoms with Crippen molar-refractivity contribution < 1.29 is 32.9 Å². The SMILES string of the molecule is CC1=C(c2cccc(O)c2)C(c2ccc(OCC(C)N3CCC(CC(F)(F)F)C3)cc2)Oc2ccc(O)cc21. The zero-order valence-electron chi connectivity index (χ0n) is 21.9. The average Bonchev–Trinajstić information content (AvgIpc) is 3.35. The van der Waals surface area contributed by atoms with Crippen molar-refractivity contribution in [3.05, 3.63) is 83.4 Å². The molecule has 206 valence electrons. The third-order valence-electron chi connectivity index (χ3n) is 7.57. The van der Waals surface area contributed by atoms with Gasteiger partial charge < -0.3 is 19.7 Å². The Labute approximate surface area is 226 Å². The summed E-state index contributed by atoms with van der Waals surface area (Å²) < 4.78 is 50.7. The number of phenols is 2.